The second kappa shape index (κ2) is 8.08. The van der Waals surface area contributed by atoms with Crippen LogP contribution in [0.2, 0.25) is 0 Å². The second-order valence-corrected chi connectivity index (χ2v) is 7.75. The van der Waals surface area contributed by atoms with E-state index in [2.05, 4.69) is 37.9 Å². The molecule has 8 heteroatoms. The summed E-state index contributed by atoms with van der Waals surface area (Å²) in [6, 6.07) is 17.3. The molecule has 3 N–H and O–H groups in total. The topological polar surface area (TPSA) is 95.1 Å². The number of hydrogen-bond donors (Lipinski definition) is 2. The number of rotatable bonds is 6. The molecule has 0 bridgehead atoms. The van der Waals surface area contributed by atoms with Crippen LogP contribution in [-0.4, -0.2) is 20.4 Å². The number of anilines is 2. The van der Waals surface area contributed by atoms with E-state index in [1.165, 1.54) is 3.57 Å². The number of amides is 1. The molecule has 1 amide bonds. The van der Waals surface area contributed by atoms with Gasteiger partial charge in [0.15, 0.2) is 0 Å². The van der Waals surface area contributed by atoms with Crippen LogP contribution in [0, 0.1) is 3.57 Å². The highest BCUT2D eigenvalue weighted by molar-refractivity contribution is 14.1. The van der Waals surface area contributed by atoms with Gasteiger partial charge in [-0.3, -0.25) is 9.78 Å². The number of hydrogen-bond acceptors (Lipinski definition) is 5. The van der Waals surface area contributed by atoms with Gasteiger partial charge in [0.2, 0.25) is 11.9 Å². The molecule has 2 heterocycles. The minimum atomic E-state index is -0.433. The van der Waals surface area contributed by atoms with E-state index in [-0.39, 0.29) is 6.42 Å². The van der Waals surface area contributed by atoms with E-state index in [1.807, 2.05) is 54.1 Å². The zero-order valence-electron chi connectivity index (χ0n) is 15.6. The first-order valence-corrected chi connectivity index (χ1v) is 9.96. The maximum Gasteiger partial charge on any atom is 0.223 e. The number of aromatic nitrogens is 3. The number of carbonyl (C=O) groups is 1. The molecule has 4 aromatic rings. The summed E-state index contributed by atoms with van der Waals surface area (Å²) < 4.78 is 9.10. The Morgan fingerprint density at radius 1 is 1.14 bits per heavy atom. The van der Waals surface area contributed by atoms with Crippen LogP contribution >= 0.6 is 22.6 Å². The largest absolute Gasteiger partial charge is 0.457 e. The Labute approximate surface area is 181 Å². The summed E-state index contributed by atoms with van der Waals surface area (Å²) in [7, 11) is 1.96. The number of imidazole rings is 1. The van der Waals surface area contributed by atoms with Gasteiger partial charge in [-0.1, -0.05) is 0 Å². The van der Waals surface area contributed by atoms with E-state index in [1.54, 1.807) is 18.3 Å². The van der Waals surface area contributed by atoms with E-state index in [0.717, 1.165) is 22.7 Å². The van der Waals surface area contributed by atoms with Crippen molar-refractivity contribution >= 4 is 51.2 Å². The Kier molecular flexibility index (Phi) is 5.34. The SMILES string of the molecule is Cn1c(Nc2ccc(I)cc2)nc2cc(Oc3ccnc(CC(N)=O)c3)ccc21. The van der Waals surface area contributed by atoms with Crippen LogP contribution in [0.5, 0.6) is 11.5 Å². The van der Waals surface area contributed by atoms with Crippen molar-refractivity contribution in [2.24, 2.45) is 12.8 Å². The number of nitrogens with zero attached hydrogens (tertiary/aromatic N) is 3. The fraction of sp³-hybridized carbons (Fsp3) is 0.0952. The predicted octanol–water partition coefficient (Wildman–Crippen LogP) is 4.14. The molecule has 0 saturated carbocycles. The molecule has 0 unspecified atom stereocenters. The Balaban J connectivity index is 1.58. The minimum Gasteiger partial charge on any atom is -0.457 e. The maximum atomic E-state index is 11.1. The number of primary amides is 1. The third-order valence-corrected chi connectivity index (χ3v) is 5.05. The van der Waals surface area contributed by atoms with Gasteiger partial charge in [0, 0.05) is 34.6 Å². The van der Waals surface area contributed by atoms with Gasteiger partial charge in [-0.15, -0.1) is 0 Å². The Bertz CT molecular complexity index is 1190. The normalized spacial score (nSPS) is 10.8. The van der Waals surface area contributed by atoms with E-state index in [9.17, 15) is 4.79 Å². The summed E-state index contributed by atoms with van der Waals surface area (Å²) >= 11 is 2.28. The number of carbonyl (C=O) groups excluding carboxylic acids is 1. The average molecular weight is 499 g/mol. The van der Waals surface area contributed by atoms with Gasteiger partial charge in [-0.2, -0.15) is 0 Å². The van der Waals surface area contributed by atoms with Crippen molar-refractivity contribution in [3.8, 4) is 11.5 Å². The molecule has 7 nitrogen and oxygen atoms in total. The first-order valence-electron chi connectivity index (χ1n) is 8.88. The Hall–Kier alpha value is -3.14. The summed E-state index contributed by atoms with van der Waals surface area (Å²) in [6.07, 6.45) is 1.67. The summed E-state index contributed by atoms with van der Waals surface area (Å²) in [6.45, 7) is 0. The van der Waals surface area contributed by atoms with Crippen molar-refractivity contribution in [2.75, 3.05) is 5.32 Å². The van der Waals surface area contributed by atoms with Crippen LogP contribution < -0.4 is 15.8 Å². The lowest BCUT2D eigenvalue weighted by Gasteiger charge is -2.07. The molecule has 29 heavy (non-hydrogen) atoms. The molecule has 0 aliphatic rings. The quantitative estimate of drug-likeness (QED) is 0.389. The number of pyridine rings is 1. The van der Waals surface area contributed by atoms with E-state index < -0.39 is 5.91 Å². The fourth-order valence-electron chi connectivity index (χ4n) is 2.95. The lowest BCUT2D eigenvalue weighted by Crippen LogP contribution is -2.14. The van der Waals surface area contributed by atoms with Crippen LogP contribution in [0.3, 0.4) is 0 Å². The molecule has 0 saturated heterocycles. The molecule has 2 aromatic heterocycles. The van der Waals surface area contributed by atoms with Crippen LogP contribution in [-0.2, 0) is 18.3 Å². The number of nitrogens with one attached hydrogen (secondary N) is 1. The summed E-state index contributed by atoms with van der Waals surface area (Å²) in [5.74, 6) is 1.54. The van der Waals surface area contributed by atoms with Crippen molar-refractivity contribution in [3.63, 3.8) is 0 Å². The second-order valence-electron chi connectivity index (χ2n) is 6.50. The smallest absolute Gasteiger partial charge is 0.223 e. The lowest BCUT2D eigenvalue weighted by atomic mass is 10.2. The molecular formula is C21H18IN5O2. The first kappa shape index (κ1) is 19.2. The van der Waals surface area contributed by atoms with Gasteiger partial charge < -0.3 is 20.4 Å². The number of benzene rings is 2. The Morgan fingerprint density at radius 2 is 1.90 bits per heavy atom. The molecule has 0 aliphatic heterocycles. The molecule has 4 rings (SSSR count). The van der Waals surface area contributed by atoms with Crippen molar-refractivity contribution in [2.45, 2.75) is 6.42 Å². The van der Waals surface area contributed by atoms with Gasteiger partial charge >= 0.3 is 0 Å². The number of halogens is 1. The first-order chi connectivity index (χ1) is 14.0. The molecule has 0 spiro atoms. The van der Waals surface area contributed by atoms with E-state index >= 15 is 0 Å². The van der Waals surface area contributed by atoms with Gasteiger partial charge in [-0.05, 0) is 65.1 Å². The molecule has 0 aliphatic carbocycles. The van der Waals surface area contributed by atoms with Crippen LogP contribution in [0.4, 0.5) is 11.6 Å². The number of nitrogens with two attached hydrogens (primary N) is 1. The van der Waals surface area contributed by atoms with Gasteiger partial charge in [0.25, 0.3) is 0 Å². The highest BCUT2D eigenvalue weighted by atomic mass is 127. The Morgan fingerprint density at radius 3 is 2.66 bits per heavy atom. The molecule has 0 atom stereocenters. The summed E-state index contributed by atoms with van der Waals surface area (Å²) in [5.41, 5.74) is 8.56. The number of fused-ring (bicyclic) bond motifs is 1. The summed E-state index contributed by atoms with van der Waals surface area (Å²) in [5, 5.41) is 3.34. The zero-order chi connectivity index (χ0) is 20.4. The molecule has 146 valence electrons. The molecule has 0 fully saturated rings. The average Bonchev–Trinajstić information content (AvgIpc) is 2.98. The highest BCUT2D eigenvalue weighted by Gasteiger charge is 2.10. The van der Waals surface area contributed by atoms with Crippen molar-refractivity contribution in [3.05, 3.63) is 70.1 Å². The highest BCUT2D eigenvalue weighted by Crippen LogP contribution is 2.28. The standard InChI is InChI=1S/C21H18IN5O2/c1-27-19-7-6-16(29-17-8-9-24-15(10-17)11-20(23)28)12-18(19)26-21(27)25-14-4-2-13(22)3-5-14/h2-10,12H,11H2,1H3,(H2,23,28)(H,25,26). The molecule has 2 aromatic carbocycles. The zero-order valence-corrected chi connectivity index (χ0v) is 17.8. The molecular weight excluding hydrogens is 481 g/mol. The third-order valence-electron chi connectivity index (χ3n) is 4.33. The predicted molar refractivity (Wildman–Crippen MR) is 120 cm³/mol. The van der Waals surface area contributed by atoms with Crippen molar-refractivity contribution in [1.82, 2.24) is 14.5 Å². The number of ether oxygens (including phenoxy) is 1. The van der Waals surface area contributed by atoms with Crippen molar-refractivity contribution in [1.29, 1.82) is 0 Å². The van der Waals surface area contributed by atoms with E-state index in [4.69, 9.17) is 10.5 Å². The fourth-order valence-corrected chi connectivity index (χ4v) is 3.31. The van der Waals surface area contributed by atoms with Crippen LogP contribution in [0.25, 0.3) is 11.0 Å². The summed E-state index contributed by atoms with van der Waals surface area (Å²) in [4.78, 5) is 19.9. The third kappa shape index (κ3) is 4.48. The van der Waals surface area contributed by atoms with Crippen molar-refractivity contribution < 1.29 is 9.53 Å². The van der Waals surface area contributed by atoms with Gasteiger partial charge in [0.1, 0.15) is 11.5 Å². The van der Waals surface area contributed by atoms with E-state index in [0.29, 0.717) is 17.2 Å². The van der Waals surface area contributed by atoms with Gasteiger partial charge in [-0.25, -0.2) is 4.98 Å². The molecule has 0 radical (unpaired) electrons. The van der Waals surface area contributed by atoms with Gasteiger partial charge in [0.05, 0.1) is 23.1 Å². The minimum absolute atomic E-state index is 0.0735. The van der Waals surface area contributed by atoms with Crippen LogP contribution in [0.15, 0.2) is 60.8 Å². The number of aryl methyl sites for hydroxylation is 1. The maximum absolute atomic E-state index is 11.1. The lowest BCUT2D eigenvalue weighted by molar-refractivity contribution is -0.117. The van der Waals surface area contributed by atoms with Crippen LogP contribution in [0.1, 0.15) is 5.69 Å². The monoisotopic (exact) mass is 499 g/mol.